The molecule has 1 atom stereocenters. The first-order chi connectivity index (χ1) is 10.7. The van der Waals surface area contributed by atoms with E-state index in [4.69, 9.17) is 10.00 Å². The Hall–Kier alpha value is -3.06. The van der Waals surface area contributed by atoms with Crippen LogP contribution in [0.1, 0.15) is 22.8 Å². The van der Waals surface area contributed by atoms with Crippen LogP contribution in [-0.4, -0.2) is 16.9 Å². The average Bonchev–Trinajstić information content (AvgIpc) is 2.98. The van der Waals surface area contributed by atoms with Gasteiger partial charge in [-0.2, -0.15) is 5.26 Å². The Balaban J connectivity index is 1.88. The summed E-state index contributed by atoms with van der Waals surface area (Å²) in [5.74, 6) is 0.302. The molecule has 1 heterocycles. The van der Waals surface area contributed by atoms with Crippen LogP contribution in [0.2, 0.25) is 0 Å². The monoisotopic (exact) mass is 290 g/mol. The predicted molar refractivity (Wildman–Crippen MR) is 83.9 cm³/mol. The summed E-state index contributed by atoms with van der Waals surface area (Å²) in [5.41, 5.74) is 1.93. The Labute approximate surface area is 128 Å². The highest BCUT2D eigenvalue weighted by Gasteiger charge is 2.21. The van der Waals surface area contributed by atoms with Crippen LogP contribution in [0.25, 0.3) is 10.9 Å². The zero-order chi connectivity index (χ0) is 15.5. The first-order valence-corrected chi connectivity index (χ1v) is 6.97. The molecule has 0 aliphatic carbocycles. The summed E-state index contributed by atoms with van der Waals surface area (Å²) in [5, 5.41) is 9.95. The van der Waals surface area contributed by atoms with Gasteiger partial charge in [0.25, 0.3) is 0 Å². The molecule has 3 aromatic rings. The summed E-state index contributed by atoms with van der Waals surface area (Å²) in [7, 11) is 0. The summed E-state index contributed by atoms with van der Waals surface area (Å²) < 4.78 is 5.68. The van der Waals surface area contributed by atoms with Gasteiger partial charge in [-0.25, -0.2) is 0 Å². The smallest absolute Gasteiger partial charge is 0.205 e. The molecule has 4 nitrogen and oxygen atoms in total. The maximum absolute atomic E-state index is 12.6. The largest absolute Gasteiger partial charge is 0.481 e. The molecule has 3 rings (SSSR count). The standard InChI is InChI=1S/C18H14N2O2/c1-12(22-17-9-5-2-6-13(17)10-19)18(21)15-11-20-16-8-4-3-7-14(15)16/h2-9,11-12,20H,1H3/t12-/m1/s1. The van der Waals surface area contributed by atoms with Crippen LogP contribution in [0.3, 0.4) is 0 Å². The summed E-state index contributed by atoms with van der Waals surface area (Å²) in [6, 6.07) is 16.6. The van der Waals surface area contributed by atoms with Crippen LogP contribution >= 0.6 is 0 Å². The van der Waals surface area contributed by atoms with E-state index in [2.05, 4.69) is 11.1 Å². The number of rotatable bonds is 4. The van der Waals surface area contributed by atoms with E-state index in [1.165, 1.54) is 0 Å². The number of nitrogens with zero attached hydrogens (tertiary/aromatic N) is 1. The second kappa shape index (κ2) is 5.74. The fourth-order valence-corrected chi connectivity index (χ4v) is 2.40. The van der Waals surface area contributed by atoms with Crippen molar-refractivity contribution < 1.29 is 9.53 Å². The first-order valence-electron chi connectivity index (χ1n) is 6.97. The molecule has 22 heavy (non-hydrogen) atoms. The molecule has 0 fully saturated rings. The SMILES string of the molecule is C[C@@H](Oc1ccccc1C#N)C(=O)c1c[nH]c2ccccc12. The van der Waals surface area contributed by atoms with E-state index in [1.807, 2.05) is 24.3 Å². The van der Waals surface area contributed by atoms with Gasteiger partial charge in [-0.15, -0.1) is 0 Å². The van der Waals surface area contributed by atoms with Gasteiger partial charge in [-0.05, 0) is 25.1 Å². The van der Waals surface area contributed by atoms with E-state index in [9.17, 15) is 4.79 Å². The molecule has 0 unspecified atom stereocenters. The van der Waals surface area contributed by atoms with Crippen molar-refractivity contribution in [1.82, 2.24) is 4.98 Å². The number of hydrogen-bond acceptors (Lipinski definition) is 3. The molecule has 0 amide bonds. The van der Waals surface area contributed by atoms with Crippen LogP contribution in [0.5, 0.6) is 5.75 Å². The van der Waals surface area contributed by atoms with Gasteiger partial charge in [0.15, 0.2) is 6.10 Å². The third-order valence-corrected chi connectivity index (χ3v) is 3.54. The van der Waals surface area contributed by atoms with Gasteiger partial charge >= 0.3 is 0 Å². The van der Waals surface area contributed by atoms with E-state index < -0.39 is 6.10 Å². The van der Waals surface area contributed by atoms with Crippen LogP contribution in [0.4, 0.5) is 0 Å². The Bertz CT molecular complexity index is 874. The van der Waals surface area contributed by atoms with Crippen molar-refractivity contribution in [2.45, 2.75) is 13.0 Å². The number of carbonyl (C=O) groups excluding carboxylic acids is 1. The third-order valence-electron chi connectivity index (χ3n) is 3.54. The molecule has 108 valence electrons. The molecule has 0 radical (unpaired) electrons. The van der Waals surface area contributed by atoms with Gasteiger partial charge in [0.05, 0.1) is 5.56 Å². The predicted octanol–water partition coefficient (Wildman–Crippen LogP) is 3.69. The fourth-order valence-electron chi connectivity index (χ4n) is 2.40. The van der Waals surface area contributed by atoms with Crippen LogP contribution in [0, 0.1) is 11.3 Å². The Kier molecular flexibility index (Phi) is 3.63. The van der Waals surface area contributed by atoms with E-state index in [0.717, 1.165) is 10.9 Å². The number of nitrogens with one attached hydrogen (secondary N) is 1. The number of hydrogen-bond donors (Lipinski definition) is 1. The fraction of sp³-hybridized carbons (Fsp3) is 0.111. The molecule has 1 aromatic heterocycles. The van der Waals surface area contributed by atoms with Crippen LogP contribution in [-0.2, 0) is 0 Å². The molecule has 1 N–H and O–H groups in total. The maximum atomic E-state index is 12.6. The first kappa shape index (κ1) is 13.9. The maximum Gasteiger partial charge on any atom is 0.205 e. The molecular formula is C18H14N2O2. The normalized spacial score (nSPS) is 11.8. The Morgan fingerprint density at radius 1 is 1.18 bits per heavy atom. The topological polar surface area (TPSA) is 65.9 Å². The van der Waals surface area contributed by atoms with E-state index >= 15 is 0 Å². The summed E-state index contributed by atoms with van der Waals surface area (Å²) in [6.45, 7) is 1.69. The summed E-state index contributed by atoms with van der Waals surface area (Å²) >= 11 is 0. The van der Waals surface area contributed by atoms with E-state index in [-0.39, 0.29) is 5.78 Å². The molecule has 4 heteroatoms. The van der Waals surface area contributed by atoms with Crippen LogP contribution < -0.4 is 4.74 Å². The summed E-state index contributed by atoms with van der Waals surface area (Å²) in [4.78, 5) is 15.7. The number of ketones is 1. The molecule has 0 spiro atoms. The number of ether oxygens (including phenoxy) is 1. The van der Waals surface area contributed by atoms with Gasteiger partial charge in [0, 0.05) is 22.7 Å². The number of carbonyl (C=O) groups is 1. The lowest BCUT2D eigenvalue weighted by atomic mass is 10.1. The minimum atomic E-state index is -0.672. The second-order valence-electron chi connectivity index (χ2n) is 4.98. The van der Waals surface area contributed by atoms with Gasteiger partial charge < -0.3 is 9.72 Å². The average molecular weight is 290 g/mol. The number of nitriles is 1. The number of para-hydroxylation sites is 2. The van der Waals surface area contributed by atoms with Crippen LogP contribution in [0.15, 0.2) is 54.7 Å². The molecular weight excluding hydrogens is 276 g/mol. The number of Topliss-reactive ketones (excluding diaryl/α,β-unsaturated/α-hetero) is 1. The lowest BCUT2D eigenvalue weighted by Gasteiger charge is -2.14. The lowest BCUT2D eigenvalue weighted by Crippen LogP contribution is -2.24. The zero-order valence-electron chi connectivity index (χ0n) is 12.0. The van der Waals surface area contributed by atoms with Gasteiger partial charge in [-0.3, -0.25) is 4.79 Å². The highest BCUT2D eigenvalue weighted by atomic mass is 16.5. The van der Waals surface area contributed by atoms with Crippen molar-refractivity contribution in [3.05, 3.63) is 65.9 Å². The van der Waals surface area contributed by atoms with Gasteiger partial charge in [0.2, 0.25) is 5.78 Å². The molecule has 0 bridgehead atoms. The van der Waals surface area contributed by atoms with Crippen molar-refractivity contribution in [2.24, 2.45) is 0 Å². The molecule has 0 saturated heterocycles. The molecule has 0 aliphatic heterocycles. The van der Waals surface area contributed by atoms with Gasteiger partial charge in [-0.1, -0.05) is 30.3 Å². The number of benzene rings is 2. The minimum absolute atomic E-state index is 0.120. The van der Waals surface area contributed by atoms with Crippen molar-refractivity contribution in [3.8, 4) is 11.8 Å². The second-order valence-corrected chi connectivity index (χ2v) is 4.98. The van der Waals surface area contributed by atoms with Crippen molar-refractivity contribution in [3.63, 3.8) is 0 Å². The van der Waals surface area contributed by atoms with E-state index in [0.29, 0.717) is 16.9 Å². The zero-order valence-corrected chi connectivity index (χ0v) is 12.0. The summed E-state index contributed by atoms with van der Waals surface area (Å²) in [6.07, 6.45) is 1.02. The quantitative estimate of drug-likeness (QED) is 0.745. The number of aromatic nitrogens is 1. The van der Waals surface area contributed by atoms with Gasteiger partial charge in [0.1, 0.15) is 11.8 Å². The minimum Gasteiger partial charge on any atom is -0.481 e. The number of H-pyrrole nitrogens is 1. The van der Waals surface area contributed by atoms with Crippen molar-refractivity contribution >= 4 is 16.7 Å². The lowest BCUT2D eigenvalue weighted by molar-refractivity contribution is 0.0819. The highest BCUT2D eigenvalue weighted by Crippen LogP contribution is 2.22. The van der Waals surface area contributed by atoms with E-state index in [1.54, 1.807) is 37.4 Å². The van der Waals surface area contributed by atoms with Crippen molar-refractivity contribution in [2.75, 3.05) is 0 Å². The molecule has 0 saturated carbocycles. The Morgan fingerprint density at radius 3 is 2.73 bits per heavy atom. The molecule has 2 aromatic carbocycles. The number of fused-ring (bicyclic) bond motifs is 1. The number of aromatic amines is 1. The van der Waals surface area contributed by atoms with Crippen molar-refractivity contribution in [1.29, 1.82) is 5.26 Å². The third kappa shape index (κ3) is 2.45. The highest BCUT2D eigenvalue weighted by molar-refractivity contribution is 6.09. The Morgan fingerprint density at radius 2 is 1.91 bits per heavy atom. The molecule has 0 aliphatic rings.